The lowest BCUT2D eigenvalue weighted by molar-refractivity contribution is 0.290. The highest BCUT2D eigenvalue weighted by Crippen LogP contribution is 2.38. The highest BCUT2D eigenvalue weighted by molar-refractivity contribution is 6.17. The first-order valence-corrected chi connectivity index (χ1v) is 8.59. The Hall–Kier alpha value is -1.06. The molecule has 0 aliphatic carbocycles. The van der Waals surface area contributed by atoms with Crippen LogP contribution in [0.5, 0.6) is 0 Å². The zero-order chi connectivity index (χ0) is 14.4. The number of rotatable bonds is 3. The summed E-state index contributed by atoms with van der Waals surface area (Å²) in [6.45, 7) is 4.67. The summed E-state index contributed by atoms with van der Waals surface area (Å²) >= 11 is 6.02. The van der Waals surface area contributed by atoms with E-state index in [0.29, 0.717) is 18.0 Å². The van der Waals surface area contributed by atoms with Crippen molar-refractivity contribution >= 4 is 22.6 Å². The van der Waals surface area contributed by atoms with E-state index in [0.717, 1.165) is 11.9 Å². The fourth-order valence-corrected chi connectivity index (χ4v) is 4.41. The second-order valence-corrected chi connectivity index (χ2v) is 6.81. The number of aromatic nitrogens is 2. The summed E-state index contributed by atoms with van der Waals surface area (Å²) in [5.74, 6) is 1.81. The molecule has 0 saturated carbocycles. The molecule has 0 N–H and O–H groups in total. The minimum absolute atomic E-state index is 0.581. The fourth-order valence-electron chi connectivity index (χ4n) is 4.24. The first-order chi connectivity index (χ1) is 10.3. The molecule has 2 fully saturated rings. The number of nitrogens with zero attached hydrogens (tertiary/aromatic N) is 3. The Morgan fingerprint density at radius 2 is 2.14 bits per heavy atom. The summed E-state index contributed by atoms with van der Waals surface area (Å²) in [6.07, 6.45) is 4.78. The maximum absolute atomic E-state index is 6.02. The minimum atomic E-state index is 0.581. The van der Waals surface area contributed by atoms with Crippen molar-refractivity contribution < 1.29 is 0 Å². The molecule has 2 aliphatic heterocycles. The van der Waals surface area contributed by atoms with E-state index in [4.69, 9.17) is 16.6 Å². The lowest BCUT2D eigenvalue weighted by atomic mass is 10.1. The second kappa shape index (κ2) is 5.29. The highest BCUT2D eigenvalue weighted by atomic mass is 35.5. The van der Waals surface area contributed by atoms with E-state index in [9.17, 15) is 0 Å². The van der Waals surface area contributed by atoms with Crippen LogP contribution >= 0.6 is 11.6 Å². The predicted octanol–water partition coefficient (Wildman–Crippen LogP) is 3.54. The monoisotopic (exact) mass is 303 g/mol. The zero-order valence-corrected chi connectivity index (χ0v) is 13.3. The van der Waals surface area contributed by atoms with Gasteiger partial charge in [0.15, 0.2) is 0 Å². The lowest BCUT2D eigenvalue weighted by Crippen LogP contribution is -2.28. The van der Waals surface area contributed by atoms with Gasteiger partial charge in [-0.2, -0.15) is 0 Å². The molecular formula is C17H22ClN3. The minimum Gasteiger partial charge on any atom is -0.323 e. The van der Waals surface area contributed by atoms with Gasteiger partial charge < -0.3 is 4.57 Å². The van der Waals surface area contributed by atoms with Crippen molar-refractivity contribution in [3.63, 3.8) is 0 Å². The van der Waals surface area contributed by atoms with Gasteiger partial charge in [0.1, 0.15) is 5.82 Å². The Bertz CT molecular complexity index is 663. The van der Waals surface area contributed by atoms with Crippen LogP contribution in [0.3, 0.4) is 0 Å². The van der Waals surface area contributed by atoms with Crippen LogP contribution in [-0.4, -0.2) is 39.5 Å². The van der Waals surface area contributed by atoms with Gasteiger partial charge in [0.05, 0.1) is 17.1 Å². The van der Waals surface area contributed by atoms with Gasteiger partial charge in [0, 0.05) is 24.9 Å². The standard InChI is InChI=1S/C17H22ClN3/c1-12-4-5-13-16(11-12)21(17(19-13)6-8-18)15-7-10-20-9-2-3-14(15)20/h4-5,11,14-15H,2-3,6-10H2,1H3. The molecule has 21 heavy (non-hydrogen) atoms. The molecule has 1 aromatic carbocycles. The van der Waals surface area contributed by atoms with Gasteiger partial charge in [0.2, 0.25) is 0 Å². The molecule has 1 aromatic heterocycles. The molecule has 2 aliphatic rings. The van der Waals surface area contributed by atoms with Gasteiger partial charge in [-0.15, -0.1) is 11.6 Å². The Balaban J connectivity index is 1.85. The number of hydrogen-bond acceptors (Lipinski definition) is 2. The number of imidazole rings is 1. The molecule has 4 heteroatoms. The maximum Gasteiger partial charge on any atom is 0.111 e. The van der Waals surface area contributed by atoms with Crippen molar-refractivity contribution in [3.8, 4) is 0 Å². The average molecular weight is 304 g/mol. The normalized spacial score (nSPS) is 25.8. The summed E-state index contributed by atoms with van der Waals surface area (Å²) in [4.78, 5) is 7.53. The van der Waals surface area contributed by atoms with Gasteiger partial charge in [-0.25, -0.2) is 4.98 Å². The van der Waals surface area contributed by atoms with Crippen LogP contribution in [0.25, 0.3) is 11.0 Å². The molecule has 112 valence electrons. The molecule has 2 saturated heterocycles. The van der Waals surface area contributed by atoms with E-state index in [-0.39, 0.29) is 0 Å². The predicted molar refractivity (Wildman–Crippen MR) is 87.1 cm³/mol. The summed E-state index contributed by atoms with van der Waals surface area (Å²) in [5.41, 5.74) is 3.73. The van der Waals surface area contributed by atoms with Gasteiger partial charge in [-0.3, -0.25) is 4.90 Å². The lowest BCUT2D eigenvalue weighted by Gasteiger charge is -2.24. The second-order valence-electron chi connectivity index (χ2n) is 6.43. The molecule has 2 aromatic rings. The largest absolute Gasteiger partial charge is 0.323 e. The first kappa shape index (κ1) is 13.6. The topological polar surface area (TPSA) is 21.1 Å². The number of fused-ring (bicyclic) bond motifs is 2. The van der Waals surface area contributed by atoms with Crippen molar-refractivity contribution in [2.75, 3.05) is 19.0 Å². The Kier molecular flexibility index (Phi) is 3.43. The van der Waals surface area contributed by atoms with Gasteiger partial charge in [-0.1, -0.05) is 6.07 Å². The highest BCUT2D eigenvalue weighted by Gasteiger charge is 2.39. The quantitative estimate of drug-likeness (QED) is 0.809. The third kappa shape index (κ3) is 2.18. The number of benzene rings is 1. The van der Waals surface area contributed by atoms with Crippen LogP contribution in [0, 0.1) is 6.92 Å². The third-order valence-corrected chi connectivity index (χ3v) is 5.33. The molecule has 0 radical (unpaired) electrons. The van der Waals surface area contributed by atoms with Crippen LogP contribution in [0.4, 0.5) is 0 Å². The molecule has 2 unspecified atom stereocenters. The number of hydrogen-bond donors (Lipinski definition) is 0. The number of aryl methyl sites for hydroxylation is 2. The Morgan fingerprint density at radius 1 is 1.24 bits per heavy atom. The molecule has 2 atom stereocenters. The van der Waals surface area contributed by atoms with E-state index in [1.165, 1.54) is 49.3 Å². The summed E-state index contributed by atoms with van der Waals surface area (Å²) in [5, 5.41) is 0. The van der Waals surface area contributed by atoms with E-state index >= 15 is 0 Å². The molecule has 0 amide bonds. The number of halogens is 1. The fraction of sp³-hybridized carbons (Fsp3) is 0.588. The van der Waals surface area contributed by atoms with E-state index in [1.54, 1.807) is 0 Å². The van der Waals surface area contributed by atoms with Gasteiger partial charge in [-0.05, 0) is 50.4 Å². The smallest absolute Gasteiger partial charge is 0.111 e. The molecule has 0 spiro atoms. The van der Waals surface area contributed by atoms with Gasteiger partial charge >= 0.3 is 0 Å². The SMILES string of the molecule is Cc1ccc2nc(CCCl)n(C3CCN4CCCC34)c2c1. The molecule has 3 heterocycles. The van der Waals surface area contributed by atoms with E-state index in [1.807, 2.05) is 0 Å². The molecular weight excluding hydrogens is 282 g/mol. The van der Waals surface area contributed by atoms with Crippen LogP contribution in [0.15, 0.2) is 18.2 Å². The summed E-state index contributed by atoms with van der Waals surface area (Å²) in [7, 11) is 0. The summed E-state index contributed by atoms with van der Waals surface area (Å²) in [6, 6.07) is 7.88. The Morgan fingerprint density at radius 3 is 3.00 bits per heavy atom. The molecule has 3 nitrogen and oxygen atoms in total. The van der Waals surface area contributed by atoms with E-state index in [2.05, 4.69) is 34.6 Å². The van der Waals surface area contributed by atoms with Gasteiger partial charge in [0.25, 0.3) is 0 Å². The third-order valence-electron chi connectivity index (χ3n) is 5.14. The van der Waals surface area contributed by atoms with Crippen LogP contribution in [-0.2, 0) is 6.42 Å². The average Bonchev–Trinajstić information content (AvgIpc) is 3.13. The van der Waals surface area contributed by atoms with Crippen LogP contribution in [0.2, 0.25) is 0 Å². The van der Waals surface area contributed by atoms with Crippen LogP contribution in [0.1, 0.15) is 36.7 Å². The first-order valence-electron chi connectivity index (χ1n) is 8.05. The van der Waals surface area contributed by atoms with Crippen molar-refractivity contribution in [3.05, 3.63) is 29.6 Å². The Labute approximate surface area is 130 Å². The van der Waals surface area contributed by atoms with Crippen molar-refractivity contribution in [1.82, 2.24) is 14.5 Å². The van der Waals surface area contributed by atoms with Crippen molar-refractivity contribution in [2.45, 2.75) is 44.7 Å². The summed E-state index contributed by atoms with van der Waals surface area (Å²) < 4.78 is 2.51. The number of alkyl halides is 1. The van der Waals surface area contributed by atoms with E-state index < -0.39 is 0 Å². The zero-order valence-electron chi connectivity index (χ0n) is 12.6. The van der Waals surface area contributed by atoms with Crippen molar-refractivity contribution in [1.29, 1.82) is 0 Å². The van der Waals surface area contributed by atoms with Crippen LogP contribution < -0.4 is 0 Å². The molecule has 0 bridgehead atoms. The van der Waals surface area contributed by atoms with Crippen molar-refractivity contribution in [2.24, 2.45) is 0 Å². The molecule has 4 rings (SSSR count). The maximum atomic E-state index is 6.02.